The minimum absolute atomic E-state index is 0.0254. The number of carboxylic acid groups (broad SMARTS) is 1. The van der Waals surface area contributed by atoms with E-state index in [-0.39, 0.29) is 18.8 Å². The molecule has 3 N–H and O–H groups in total. The van der Waals surface area contributed by atoms with Gasteiger partial charge in [-0.3, -0.25) is 9.59 Å². The van der Waals surface area contributed by atoms with Crippen LogP contribution in [0.3, 0.4) is 0 Å². The Morgan fingerprint density at radius 2 is 1.95 bits per heavy atom. The Kier molecular flexibility index (Phi) is 4.06. The first-order valence-corrected chi connectivity index (χ1v) is 5.71. The van der Waals surface area contributed by atoms with Gasteiger partial charge in [-0.15, -0.1) is 5.10 Å². The summed E-state index contributed by atoms with van der Waals surface area (Å²) in [5.41, 5.74) is 1.30. The van der Waals surface area contributed by atoms with Gasteiger partial charge in [0.15, 0.2) is 5.69 Å². The Hall–Kier alpha value is -2.74. The molecule has 0 saturated carbocycles. The maximum absolute atomic E-state index is 11.8. The predicted octanol–water partition coefficient (Wildman–Crippen LogP) is 0.107. The Balaban J connectivity index is 2.03. The normalized spacial score (nSPS) is 10.2. The van der Waals surface area contributed by atoms with Gasteiger partial charge in [0.1, 0.15) is 6.54 Å². The van der Waals surface area contributed by atoms with Crippen LogP contribution in [-0.4, -0.2) is 37.1 Å². The number of carbonyl (C=O) groups excluding carboxylic acids is 1. The SMILES string of the molecule is O=C(O)Cn1cc(C(=O)Nc2ccc(CO)cc2)nn1. The predicted molar refractivity (Wildman–Crippen MR) is 68.0 cm³/mol. The Labute approximate surface area is 113 Å². The van der Waals surface area contributed by atoms with Crippen LogP contribution in [0.5, 0.6) is 0 Å². The molecule has 8 heteroatoms. The number of aliphatic hydroxyl groups is 1. The fraction of sp³-hybridized carbons (Fsp3) is 0.167. The molecule has 0 aliphatic carbocycles. The van der Waals surface area contributed by atoms with Gasteiger partial charge in [0.25, 0.3) is 5.91 Å². The molecule has 0 aliphatic rings. The van der Waals surface area contributed by atoms with Crippen molar-refractivity contribution in [3.05, 3.63) is 41.7 Å². The third-order valence-electron chi connectivity index (χ3n) is 2.46. The fourth-order valence-electron chi connectivity index (χ4n) is 1.51. The molecule has 1 aromatic heterocycles. The molecule has 2 aromatic rings. The number of aliphatic carboxylic acids is 1. The number of hydrogen-bond donors (Lipinski definition) is 3. The van der Waals surface area contributed by atoms with Crippen LogP contribution in [0.4, 0.5) is 5.69 Å². The highest BCUT2D eigenvalue weighted by Gasteiger charge is 2.12. The highest BCUT2D eigenvalue weighted by atomic mass is 16.4. The first-order valence-electron chi connectivity index (χ1n) is 5.71. The van der Waals surface area contributed by atoms with Gasteiger partial charge in [0, 0.05) is 5.69 Å². The average molecular weight is 276 g/mol. The highest BCUT2D eigenvalue weighted by Crippen LogP contribution is 2.10. The van der Waals surface area contributed by atoms with Crippen molar-refractivity contribution in [1.82, 2.24) is 15.0 Å². The fourth-order valence-corrected chi connectivity index (χ4v) is 1.51. The molecule has 0 fully saturated rings. The molecule has 0 radical (unpaired) electrons. The second-order valence-electron chi connectivity index (χ2n) is 4.00. The number of amides is 1. The zero-order valence-electron chi connectivity index (χ0n) is 10.4. The van der Waals surface area contributed by atoms with E-state index in [4.69, 9.17) is 10.2 Å². The molecule has 1 heterocycles. The molecule has 20 heavy (non-hydrogen) atoms. The van der Waals surface area contributed by atoms with E-state index in [0.29, 0.717) is 5.69 Å². The van der Waals surface area contributed by atoms with E-state index in [1.807, 2.05) is 0 Å². The van der Waals surface area contributed by atoms with E-state index in [1.54, 1.807) is 24.3 Å². The molecule has 1 aromatic carbocycles. The minimum atomic E-state index is -1.07. The van der Waals surface area contributed by atoms with E-state index in [0.717, 1.165) is 10.2 Å². The molecule has 0 atom stereocenters. The summed E-state index contributed by atoms with van der Waals surface area (Å²) in [6.07, 6.45) is 1.26. The Morgan fingerprint density at radius 1 is 1.25 bits per heavy atom. The monoisotopic (exact) mass is 276 g/mol. The van der Waals surface area contributed by atoms with Crippen molar-refractivity contribution in [2.75, 3.05) is 5.32 Å². The molecule has 2 rings (SSSR count). The van der Waals surface area contributed by atoms with Gasteiger partial charge in [-0.1, -0.05) is 17.3 Å². The molecule has 104 valence electrons. The van der Waals surface area contributed by atoms with Gasteiger partial charge in [0.2, 0.25) is 0 Å². The van der Waals surface area contributed by atoms with Gasteiger partial charge in [-0.05, 0) is 17.7 Å². The summed E-state index contributed by atoms with van der Waals surface area (Å²) in [6.45, 7) is -0.427. The number of anilines is 1. The zero-order valence-corrected chi connectivity index (χ0v) is 10.4. The van der Waals surface area contributed by atoms with Gasteiger partial charge in [0.05, 0.1) is 12.8 Å². The lowest BCUT2D eigenvalue weighted by Crippen LogP contribution is -2.12. The summed E-state index contributed by atoms with van der Waals surface area (Å²) in [7, 11) is 0. The first kappa shape index (κ1) is 13.7. The summed E-state index contributed by atoms with van der Waals surface area (Å²) in [5.74, 6) is -1.56. The lowest BCUT2D eigenvalue weighted by atomic mass is 10.2. The van der Waals surface area contributed by atoms with Crippen molar-refractivity contribution in [3.8, 4) is 0 Å². The van der Waals surface area contributed by atoms with Crippen molar-refractivity contribution in [2.24, 2.45) is 0 Å². The minimum Gasteiger partial charge on any atom is -0.480 e. The quantitative estimate of drug-likeness (QED) is 0.713. The summed E-state index contributed by atoms with van der Waals surface area (Å²) >= 11 is 0. The van der Waals surface area contributed by atoms with E-state index in [1.165, 1.54) is 6.20 Å². The van der Waals surface area contributed by atoms with Crippen LogP contribution in [0.25, 0.3) is 0 Å². The highest BCUT2D eigenvalue weighted by molar-refractivity contribution is 6.02. The first-order chi connectivity index (χ1) is 9.58. The zero-order chi connectivity index (χ0) is 14.5. The van der Waals surface area contributed by atoms with Gasteiger partial charge >= 0.3 is 5.97 Å². The number of hydrogen-bond acceptors (Lipinski definition) is 5. The largest absolute Gasteiger partial charge is 0.480 e. The third-order valence-corrected chi connectivity index (χ3v) is 2.46. The van der Waals surface area contributed by atoms with E-state index in [9.17, 15) is 9.59 Å². The van der Waals surface area contributed by atoms with E-state index >= 15 is 0 Å². The van der Waals surface area contributed by atoms with Crippen molar-refractivity contribution in [3.63, 3.8) is 0 Å². The van der Waals surface area contributed by atoms with Crippen molar-refractivity contribution < 1.29 is 19.8 Å². The number of nitrogens with one attached hydrogen (secondary N) is 1. The topological polar surface area (TPSA) is 117 Å². The van der Waals surface area contributed by atoms with Crippen LogP contribution in [0.2, 0.25) is 0 Å². The van der Waals surface area contributed by atoms with Crippen LogP contribution in [0.1, 0.15) is 16.1 Å². The molecular formula is C12H12N4O4. The molecule has 0 aliphatic heterocycles. The van der Waals surface area contributed by atoms with Crippen molar-refractivity contribution in [2.45, 2.75) is 13.2 Å². The van der Waals surface area contributed by atoms with Crippen molar-refractivity contribution in [1.29, 1.82) is 0 Å². The average Bonchev–Trinajstić information content (AvgIpc) is 2.87. The number of rotatable bonds is 5. The standard InChI is InChI=1S/C12H12N4O4/c17-7-8-1-3-9(4-2-8)13-12(20)10-5-16(15-14-10)6-11(18)19/h1-5,17H,6-7H2,(H,13,20)(H,18,19). The molecule has 1 amide bonds. The molecule has 0 unspecified atom stereocenters. The summed E-state index contributed by atoms with van der Waals surface area (Å²) in [6, 6.07) is 6.64. The second kappa shape index (κ2) is 5.93. The van der Waals surface area contributed by atoms with E-state index < -0.39 is 11.9 Å². The molecular weight excluding hydrogens is 264 g/mol. The van der Waals surface area contributed by atoms with Crippen LogP contribution >= 0.6 is 0 Å². The summed E-state index contributed by atoms with van der Waals surface area (Å²) in [4.78, 5) is 22.3. The number of carbonyl (C=O) groups is 2. The number of aromatic nitrogens is 3. The van der Waals surface area contributed by atoms with Crippen molar-refractivity contribution >= 4 is 17.6 Å². The third kappa shape index (κ3) is 3.39. The Bertz CT molecular complexity index is 621. The van der Waals surface area contributed by atoms with E-state index in [2.05, 4.69) is 15.6 Å². The summed E-state index contributed by atoms with van der Waals surface area (Å²) in [5, 5.41) is 27.2. The molecule has 0 bridgehead atoms. The summed E-state index contributed by atoms with van der Waals surface area (Å²) < 4.78 is 1.06. The lowest BCUT2D eigenvalue weighted by molar-refractivity contribution is -0.137. The van der Waals surface area contributed by atoms with Crippen LogP contribution in [-0.2, 0) is 17.9 Å². The van der Waals surface area contributed by atoms with Crippen LogP contribution in [0, 0.1) is 0 Å². The van der Waals surface area contributed by atoms with Crippen LogP contribution in [0.15, 0.2) is 30.5 Å². The Morgan fingerprint density at radius 3 is 2.55 bits per heavy atom. The number of aliphatic hydroxyl groups excluding tert-OH is 1. The van der Waals surface area contributed by atoms with Gasteiger partial charge in [-0.2, -0.15) is 0 Å². The second-order valence-corrected chi connectivity index (χ2v) is 4.00. The number of benzene rings is 1. The number of carboxylic acids is 1. The smallest absolute Gasteiger partial charge is 0.325 e. The molecule has 0 spiro atoms. The molecule has 0 saturated heterocycles. The van der Waals surface area contributed by atoms with Crippen LogP contribution < -0.4 is 5.32 Å². The molecule has 8 nitrogen and oxygen atoms in total. The van der Waals surface area contributed by atoms with Gasteiger partial charge in [-0.25, -0.2) is 4.68 Å². The lowest BCUT2D eigenvalue weighted by Gasteiger charge is -2.03. The number of nitrogens with zero attached hydrogens (tertiary/aromatic N) is 3. The maximum Gasteiger partial charge on any atom is 0.325 e. The maximum atomic E-state index is 11.8. The van der Waals surface area contributed by atoms with Gasteiger partial charge < -0.3 is 15.5 Å².